The van der Waals surface area contributed by atoms with Crippen LogP contribution in [0.2, 0.25) is 0 Å². The number of hydrogen-bond acceptors (Lipinski definition) is 3. The summed E-state index contributed by atoms with van der Waals surface area (Å²) < 4.78 is 2.09. The zero-order chi connectivity index (χ0) is 17.0. The Labute approximate surface area is 172 Å². The van der Waals surface area contributed by atoms with E-state index in [1.54, 1.807) is 0 Å². The van der Waals surface area contributed by atoms with Crippen LogP contribution in [0.25, 0.3) is 0 Å². The van der Waals surface area contributed by atoms with Gasteiger partial charge in [0.2, 0.25) is 0 Å². The molecule has 1 aromatic heterocycles. The van der Waals surface area contributed by atoms with E-state index in [4.69, 9.17) is 4.99 Å². The minimum Gasteiger partial charge on any atom is -0.357 e. The van der Waals surface area contributed by atoms with Crippen molar-refractivity contribution in [2.75, 3.05) is 19.6 Å². The maximum absolute atomic E-state index is 4.70. The molecule has 0 amide bonds. The lowest BCUT2D eigenvalue weighted by atomic mass is 10.4. The molecular weight excluding hydrogens is 445 g/mol. The molecule has 0 bridgehead atoms. The van der Waals surface area contributed by atoms with Gasteiger partial charge in [-0.3, -0.25) is 4.99 Å². The highest BCUT2D eigenvalue weighted by Gasteiger charge is 2.04. The Morgan fingerprint density at radius 1 is 1.28 bits per heavy atom. The van der Waals surface area contributed by atoms with Crippen LogP contribution in [0.5, 0.6) is 0 Å². The van der Waals surface area contributed by atoms with Crippen molar-refractivity contribution >= 4 is 41.7 Å². The van der Waals surface area contributed by atoms with Gasteiger partial charge in [-0.05, 0) is 25.5 Å². The first-order valence-electron chi connectivity index (χ1n) is 8.47. The van der Waals surface area contributed by atoms with E-state index in [0.717, 1.165) is 38.6 Å². The van der Waals surface area contributed by atoms with Crippen molar-refractivity contribution in [1.29, 1.82) is 0 Å². The molecule has 25 heavy (non-hydrogen) atoms. The van der Waals surface area contributed by atoms with Crippen molar-refractivity contribution in [2.45, 2.75) is 37.0 Å². The summed E-state index contributed by atoms with van der Waals surface area (Å²) in [5, 5.41) is 7.14. The Kier molecular flexibility index (Phi) is 11.4. The van der Waals surface area contributed by atoms with Gasteiger partial charge < -0.3 is 15.2 Å². The van der Waals surface area contributed by atoms with E-state index in [1.165, 1.54) is 4.90 Å². The van der Waals surface area contributed by atoms with Crippen LogP contribution in [0.4, 0.5) is 0 Å². The number of rotatable bonds is 9. The van der Waals surface area contributed by atoms with Gasteiger partial charge >= 0.3 is 0 Å². The number of hydrogen-bond donors (Lipinski definition) is 2. The van der Waals surface area contributed by atoms with Crippen LogP contribution in [0.3, 0.4) is 0 Å². The SMILES string of the molecule is CCNC(=NCC(C)Sc1ccccc1)NCCCn1ccnc1.I. The average molecular weight is 473 g/mol. The van der Waals surface area contributed by atoms with Crippen LogP contribution in [0.15, 0.2) is 58.9 Å². The maximum Gasteiger partial charge on any atom is 0.191 e. The predicted molar refractivity (Wildman–Crippen MR) is 118 cm³/mol. The van der Waals surface area contributed by atoms with Crippen molar-refractivity contribution in [3.8, 4) is 0 Å². The van der Waals surface area contributed by atoms with Crippen molar-refractivity contribution in [3.63, 3.8) is 0 Å². The largest absolute Gasteiger partial charge is 0.357 e. The number of aryl methyl sites for hydroxylation is 1. The second-order valence-electron chi connectivity index (χ2n) is 5.54. The fourth-order valence-electron chi connectivity index (χ4n) is 2.22. The molecular formula is C18H28IN5S. The van der Waals surface area contributed by atoms with E-state index in [1.807, 2.05) is 36.5 Å². The number of thioether (sulfide) groups is 1. The number of aromatic nitrogens is 2. The van der Waals surface area contributed by atoms with E-state index < -0.39 is 0 Å². The molecule has 0 radical (unpaired) electrons. The average Bonchev–Trinajstić information content (AvgIpc) is 3.11. The van der Waals surface area contributed by atoms with Crippen molar-refractivity contribution < 1.29 is 0 Å². The Balaban J connectivity index is 0.00000312. The molecule has 0 spiro atoms. The zero-order valence-electron chi connectivity index (χ0n) is 14.9. The minimum absolute atomic E-state index is 0. The summed E-state index contributed by atoms with van der Waals surface area (Å²) in [4.78, 5) is 10.0. The topological polar surface area (TPSA) is 54.2 Å². The van der Waals surface area contributed by atoms with Crippen LogP contribution in [0.1, 0.15) is 20.3 Å². The van der Waals surface area contributed by atoms with Crippen molar-refractivity contribution in [3.05, 3.63) is 49.1 Å². The summed E-state index contributed by atoms with van der Waals surface area (Å²) in [6.45, 7) is 7.81. The van der Waals surface area contributed by atoms with Crippen LogP contribution in [-0.4, -0.2) is 40.4 Å². The number of nitrogens with zero attached hydrogens (tertiary/aromatic N) is 3. The van der Waals surface area contributed by atoms with Gasteiger partial charge in [-0.2, -0.15) is 0 Å². The molecule has 1 unspecified atom stereocenters. The van der Waals surface area contributed by atoms with Gasteiger partial charge in [0.15, 0.2) is 5.96 Å². The van der Waals surface area contributed by atoms with Crippen molar-refractivity contribution in [1.82, 2.24) is 20.2 Å². The maximum atomic E-state index is 4.70. The lowest BCUT2D eigenvalue weighted by Gasteiger charge is -2.13. The van der Waals surface area contributed by atoms with E-state index in [2.05, 4.69) is 58.3 Å². The molecule has 0 fully saturated rings. The van der Waals surface area contributed by atoms with Gasteiger partial charge in [-0.25, -0.2) is 4.98 Å². The Morgan fingerprint density at radius 3 is 2.76 bits per heavy atom. The third kappa shape index (κ3) is 9.15. The predicted octanol–water partition coefficient (Wildman–Crippen LogP) is 3.63. The number of guanidine groups is 1. The highest BCUT2D eigenvalue weighted by atomic mass is 127. The van der Waals surface area contributed by atoms with Crippen LogP contribution in [-0.2, 0) is 6.54 Å². The Morgan fingerprint density at radius 2 is 2.08 bits per heavy atom. The quantitative estimate of drug-likeness (QED) is 0.192. The van der Waals surface area contributed by atoms with Gasteiger partial charge in [0.1, 0.15) is 0 Å². The highest BCUT2D eigenvalue weighted by Crippen LogP contribution is 2.22. The summed E-state index contributed by atoms with van der Waals surface area (Å²) in [6.07, 6.45) is 6.68. The molecule has 0 aliphatic carbocycles. The number of benzene rings is 1. The summed E-state index contributed by atoms with van der Waals surface area (Å²) in [7, 11) is 0. The first-order chi connectivity index (χ1) is 11.8. The van der Waals surface area contributed by atoms with E-state index in [-0.39, 0.29) is 24.0 Å². The first kappa shape index (κ1) is 21.8. The molecule has 1 heterocycles. The lowest BCUT2D eigenvalue weighted by Crippen LogP contribution is -2.38. The fraction of sp³-hybridized carbons (Fsp3) is 0.444. The standard InChI is InChI=1S/C18H27N5S.HI/c1-3-20-18(21-10-7-12-23-13-11-19-15-23)22-14-16(2)24-17-8-5-4-6-9-17;/h4-6,8-9,11,13,15-16H,3,7,10,12,14H2,1-2H3,(H2,20,21,22);1H. The summed E-state index contributed by atoms with van der Waals surface area (Å²) in [5.41, 5.74) is 0. The molecule has 1 aromatic carbocycles. The molecule has 2 N–H and O–H groups in total. The fourth-order valence-corrected chi connectivity index (χ4v) is 3.15. The van der Waals surface area contributed by atoms with Gasteiger partial charge in [-0.15, -0.1) is 35.7 Å². The second-order valence-corrected chi connectivity index (χ2v) is 7.05. The van der Waals surface area contributed by atoms with Crippen molar-refractivity contribution in [2.24, 2.45) is 4.99 Å². The smallest absolute Gasteiger partial charge is 0.191 e. The third-order valence-electron chi connectivity index (χ3n) is 3.38. The minimum atomic E-state index is 0. The first-order valence-corrected chi connectivity index (χ1v) is 9.35. The lowest BCUT2D eigenvalue weighted by molar-refractivity contribution is 0.624. The van der Waals surface area contributed by atoms with Crippen LogP contribution in [0, 0.1) is 0 Å². The zero-order valence-corrected chi connectivity index (χ0v) is 18.0. The molecule has 138 valence electrons. The van der Waals surface area contributed by atoms with Gasteiger partial charge in [0.25, 0.3) is 0 Å². The molecule has 0 aliphatic heterocycles. The van der Waals surface area contributed by atoms with E-state index in [0.29, 0.717) is 5.25 Å². The van der Waals surface area contributed by atoms with Gasteiger partial charge in [0.05, 0.1) is 12.9 Å². The van der Waals surface area contributed by atoms with Crippen LogP contribution < -0.4 is 10.6 Å². The third-order valence-corrected chi connectivity index (χ3v) is 4.47. The summed E-state index contributed by atoms with van der Waals surface area (Å²) >= 11 is 1.86. The van der Waals surface area contributed by atoms with Crippen LogP contribution >= 0.6 is 35.7 Å². The molecule has 2 aromatic rings. The molecule has 0 saturated carbocycles. The molecule has 7 heteroatoms. The molecule has 0 aliphatic rings. The monoisotopic (exact) mass is 473 g/mol. The Hall–Kier alpha value is -1.22. The Bertz CT molecular complexity index is 589. The molecule has 1 atom stereocenters. The molecule has 2 rings (SSSR count). The molecule has 5 nitrogen and oxygen atoms in total. The second kappa shape index (κ2) is 13.0. The highest BCUT2D eigenvalue weighted by molar-refractivity contribution is 14.0. The normalized spacial score (nSPS) is 12.3. The van der Waals surface area contributed by atoms with E-state index >= 15 is 0 Å². The van der Waals surface area contributed by atoms with E-state index in [9.17, 15) is 0 Å². The summed E-state index contributed by atoms with van der Waals surface area (Å²) in [5.74, 6) is 0.892. The van der Waals surface area contributed by atoms with Gasteiger partial charge in [-0.1, -0.05) is 25.1 Å². The molecule has 0 saturated heterocycles. The number of aliphatic imine (C=N–C) groups is 1. The number of halogens is 1. The summed E-state index contributed by atoms with van der Waals surface area (Å²) in [6, 6.07) is 10.5. The van der Waals surface area contributed by atoms with Gasteiger partial charge in [0, 0.05) is 42.2 Å². The number of imidazole rings is 1. The number of nitrogens with one attached hydrogen (secondary N) is 2.